The van der Waals surface area contributed by atoms with Gasteiger partial charge in [0.15, 0.2) is 0 Å². The van der Waals surface area contributed by atoms with E-state index in [1.807, 2.05) is 18.2 Å². The van der Waals surface area contributed by atoms with Crippen molar-refractivity contribution >= 4 is 38.8 Å². The summed E-state index contributed by atoms with van der Waals surface area (Å²) in [5.74, 6) is 2.67. The number of fused-ring (bicyclic) bond motifs is 4. The molecule has 0 saturated heterocycles. The Morgan fingerprint density at radius 3 is 1.92 bits per heavy atom. The fraction of sp³-hybridized carbons (Fsp3) is 0.196. The van der Waals surface area contributed by atoms with Gasteiger partial charge in [0.1, 0.15) is 0 Å². The average Bonchev–Trinajstić information content (AvgIpc) is 3.57. The van der Waals surface area contributed by atoms with Crippen molar-refractivity contribution in [1.29, 1.82) is 5.26 Å². The smallest absolute Gasteiger partial charge is 0.0992 e. The Balaban J connectivity index is 1.43. The predicted molar refractivity (Wildman–Crippen MR) is 208 cm³/mol. The number of benzene rings is 5. The van der Waals surface area contributed by atoms with E-state index in [0.717, 1.165) is 39.3 Å². The van der Waals surface area contributed by atoms with Gasteiger partial charge in [0, 0.05) is 27.5 Å². The molecule has 0 aliphatic carbocycles. The number of terminal acetylenes is 1. The number of hydrogen-bond donors (Lipinski definition) is 0. The van der Waals surface area contributed by atoms with Crippen LogP contribution < -0.4 is 0 Å². The van der Waals surface area contributed by atoms with E-state index >= 15 is 0 Å². The zero-order valence-electron chi connectivity index (χ0n) is 29.4. The average molecular weight is 636 g/mol. The molecule has 49 heavy (non-hydrogen) atoms. The zero-order chi connectivity index (χ0) is 34.7. The summed E-state index contributed by atoms with van der Waals surface area (Å²) in [6.07, 6.45) is 9.44. The van der Waals surface area contributed by atoms with Crippen LogP contribution in [0, 0.1) is 30.6 Å². The highest BCUT2D eigenvalue weighted by Crippen LogP contribution is 2.38. The molecular formula is C46H41N3. The highest BCUT2D eigenvalue weighted by molar-refractivity contribution is 6.09. The lowest BCUT2D eigenvalue weighted by Gasteiger charge is -2.19. The third-order valence-electron chi connectivity index (χ3n) is 9.75. The van der Waals surface area contributed by atoms with Gasteiger partial charge in [0.25, 0.3) is 0 Å². The summed E-state index contributed by atoms with van der Waals surface area (Å²) in [5.41, 5.74) is 12.8. The van der Waals surface area contributed by atoms with Crippen molar-refractivity contribution in [3.8, 4) is 40.9 Å². The van der Waals surface area contributed by atoms with Gasteiger partial charge < -0.3 is 9.13 Å². The van der Waals surface area contributed by atoms with Crippen molar-refractivity contribution < 1.29 is 0 Å². The highest BCUT2D eigenvalue weighted by atomic mass is 15.0. The molecule has 7 aromatic rings. The molecule has 2 heterocycles. The summed E-state index contributed by atoms with van der Waals surface area (Å²) in [7, 11) is 0. The molecule has 0 aliphatic heterocycles. The van der Waals surface area contributed by atoms with Gasteiger partial charge in [-0.25, -0.2) is 0 Å². The molecule has 240 valence electrons. The maximum atomic E-state index is 10.3. The fourth-order valence-corrected chi connectivity index (χ4v) is 7.05. The molecule has 0 unspecified atom stereocenters. The fourth-order valence-electron chi connectivity index (χ4n) is 7.05. The SMILES string of the molecule is C#C/C=C\c1c(C)c2cc(C(C)(C)C)ccc2n1-c1cc(C#N)cc(-c2cccc(-n3c4ccccc4c4cc(C(C)(C)C)ccc43)c2)c1. The van der Waals surface area contributed by atoms with Crippen LogP contribution in [0.4, 0.5) is 0 Å². The number of nitriles is 1. The number of rotatable bonds is 4. The predicted octanol–water partition coefficient (Wildman–Crippen LogP) is 11.8. The standard InChI is InChI=1S/C46H41N3/c1-9-10-17-41-30(2)39-27-34(45(3,4)5)19-21-43(39)49(41)37-24-31(29-47)23-33(26-37)32-14-13-15-36(25-32)48-42-18-12-11-16-38(42)40-28-35(46(6,7)8)20-22-44(40)48/h1,10-28H,2-8H3/b17-10-. The summed E-state index contributed by atoms with van der Waals surface area (Å²) in [5, 5.41) is 13.9. The number of aromatic nitrogens is 2. The first kappa shape index (κ1) is 31.8. The second-order valence-corrected chi connectivity index (χ2v) is 15.1. The summed E-state index contributed by atoms with van der Waals surface area (Å²) in [4.78, 5) is 0. The van der Waals surface area contributed by atoms with Gasteiger partial charge in [-0.2, -0.15) is 5.26 Å². The molecule has 0 fully saturated rings. The van der Waals surface area contributed by atoms with Crippen LogP contribution >= 0.6 is 0 Å². The number of nitrogens with zero attached hydrogens (tertiary/aromatic N) is 3. The minimum absolute atomic E-state index is 0.0156. The quantitative estimate of drug-likeness (QED) is 0.177. The number of aryl methyl sites for hydroxylation is 1. The van der Waals surface area contributed by atoms with Crippen LogP contribution in [0.25, 0.3) is 61.3 Å². The molecule has 0 amide bonds. The normalized spacial score (nSPS) is 12.3. The molecule has 0 spiro atoms. The Morgan fingerprint density at radius 1 is 0.612 bits per heavy atom. The lowest BCUT2D eigenvalue weighted by Crippen LogP contribution is -2.10. The molecular weight excluding hydrogens is 595 g/mol. The van der Waals surface area contributed by atoms with E-state index in [4.69, 9.17) is 6.42 Å². The monoisotopic (exact) mass is 635 g/mol. The molecule has 0 saturated carbocycles. The van der Waals surface area contributed by atoms with Gasteiger partial charge in [0.2, 0.25) is 0 Å². The van der Waals surface area contributed by atoms with E-state index in [1.165, 1.54) is 38.3 Å². The summed E-state index contributed by atoms with van der Waals surface area (Å²) >= 11 is 0. The Bertz CT molecular complexity index is 2540. The summed E-state index contributed by atoms with van der Waals surface area (Å²) in [6, 6.07) is 39.4. The topological polar surface area (TPSA) is 33.6 Å². The second kappa shape index (κ2) is 11.7. The lowest BCUT2D eigenvalue weighted by molar-refractivity contribution is 0.591. The van der Waals surface area contributed by atoms with E-state index in [9.17, 15) is 5.26 Å². The number of allylic oxidation sites excluding steroid dienone is 1. The van der Waals surface area contributed by atoms with E-state index in [1.54, 1.807) is 6.08 Å². The van der Waals surface area contributed by atoms with Crippen molar-refractivity contribution in [2.75, 3.05) is 0 Å². The minimum atomic E-state index is 0.0156. The first-order valence-corrected chi connectivity index (χ1v) is 16.9. The molecule has 0 N–H and O–H groups in total. The molecule has 5 aromatic carbocycles. The van der Waals surface area contributed by atoms with Gasteiger partial charge in [-0.05, 0) is 118 Å². The number of para-hydroxylation sites is 1. The van der Waals surface area contributed by atoms with Crippen molar-refractivity contribution in [1.82, 2.24) is 9.13 Å². The van der Waals surface area contributed by atoms with Crippen LogP contribution in [0.3, 0.4) is 0 Å². The zero-order valence-corrected chi connectivity index (χ0v) is 29.4. The van der Waals surface area contributed by atoms with E-state index in [0.29, 0.717) is 5.56 Å². The third kappa shape index (κ3) is 5.52. The molecule has 3 nitrogen and oxygen atoms in total. The Hall–Kier alpha value is -5.77. The third-order valence-corrected chi connectivity index (χ3v) is 9.75. The molecule has 2 aromatic heterocycles. The van der Waals surface area contributed by atoms with Crippen LogP contribution in [-0.2, 0) is 10.8 Å². The van der Waals surface area contributed by atoms with Crippen LogP contribution in [-0.4, -0.2) is 9.13 Å². The van der Waals surface area contributed by atoms with Gasteiger partial charge >= 0.3 is 0 Å². The van der Waals surface area contributed by atoms with Crippen LogP contribution in [0.1, 0.15) is 69.5 Å². The van der Waals surface area contributed by atoms with E-state index in [2.05, 4.69) is 161 Å². The molecule has 0 atom stereocenters. The molecule has 0 aliphatic rings. The Labute approximate surface area is 289 Å². The van der Waals surface area contributed by atoms with Crippen molar-refractivity contribution in [3.63, 3.8) is 0 Å². The van der Waals surface area contributed by atoms with Crippen LogP contribution in [0.2, 0.25) is 0 Å². The number of hydrogen-bond acceptors (Lipinski definition) is 1. The maximum absolute atomic E-state index is 10.3. The van der Waals surface area contributed by atoms with E-state index in [-0.39, 0.29) is 10.8 Å². The van der Waals surface area contributed by atoms with Gasteiger partial charge in [-0.1, -0.05) is 89.9 Å². The first-order valence-electron chi connectivity index (χ1n) is 16.9. The Morgan fingerprint density at radius 2 is 1.24 bits per heavy atom. The summed E-state index contributed by atoms with van der Waals surface area (Å²) < 4.78 is 4.59. The van der Waals surface area contributed by atoms with Crippen molar-refractivity contribution in [2.24, 2.45) is 0 Å². The largest absolute Gasteiger partial charge is 0.310 e. The minimum Gasteiger partial charge on any atom is -0.310 e. The van der Waals surface area contributed by atoms with Crippen molar-refractivity contribution in [2.45, 2.75) is 59.3 Å². The Kier molecular flexibility index (Phi) is 7.62. The maximum Gasteiger partial charge on any atom is 0.0992 e. The molecule has 7 rings (SSSR count). The first-order chi connectivity index (χ1) is 23.4. The van der Waals surface area contributed by atoms with Crippen LogP contribution in [0.15, 0.2) is 109 Å². The van der Waals surface area contributed by atoms with Gasteiger partial charge in [-0.3, -0.25) is 0 Å². The molecule has 0 bridgehead atoms. The lowest BCUT2D eigenvalue weighted by atomic mass is 9.86. The van der Waals surface area contributed by atoms with E-state index < -0.39 is 0 Å². The second-order valence-electron chi connectivity index (χ2n) is 15.1. The van der Waals surface area contributed by atoms with Gasteiger partial charge in [0.05, 0.1) is 33.9 Å². The van der Waals surface area contributed by atoms with Gasteiger partial charge in [-0.15, -0.1) is 6.42 Å². The van der Waals surface area contributed by atoms with Crippen LogP contribution in [0.5, 0.6) is 0 Å². The molecule has 0 radical (unpaired) electrons. The highest BCUT2D eigenvalue weighted by Gasteiger charge is 2.21. The van der Waals surface area contributed by atoms with Crippen molar-refractivity contribution in [3.05, 3.63) is 137 Å². The molecule has 3 heteroatoms. The summed E-state index contributed by atoms with van der Waals surface area (Å²) in [6.45, 7) is 15.6.